The predicted molar refractivity (Wildman–Crippen MR) is 109 cm³/mol. The van der Waals surface area contributed by atoms with Crippen molar-refractivity contribution in [1.82, 2.24) is 10.4 Å². The zero-order valence-corrected chi connectivity index (χ0v) is 15.8. The van der Waals surface area contributed by atoms with Crippen LogP contribution in [0.15, 0.2) is 91.0 Å². The second-order valence-corrected chi connectivity index (χ2v) is 7.01. The van der Waals surface area contributed by atoms with Gasteiger partial charge in [0, 0.05) is 19.5 Å². The van der Waals surface area contributed by atoms with Gasteiger partial charge >= 0.3 is 0 Å². The van der Waals surface area contributed by atoms with Gasteiger partial charge in [-0.1, -0.05) is 91.0 Å². The van der Waals surface area contributed by atoms with E-state index in [2.05, 4.69) is 17.4 Å². The van der Waals surface area contributed by atoms with Crippen molar-refractivity contribution in [1.29, 1.82) is 0 Å². The summed E-state index contributed by atoms with van der Waals surface area (Å²) in [4.78, 5) is 19.6. The maximum absolute atomic E-state index is 13.3. The number of hydroxylamine groups is 2. The standard InChI is InChI=1S/C24H24N2O2/c27-23-24(22-14-8-3-9-15-22,18-20-10-4-1-5-11-20)26(17-16-25-23)28-19-21-12-6-2-7-13-21/h1-15H,16-19H2,(H,25,27). The van der Waals surface area contributed by atoms with Crippen LogP contribution in [0.25, 0.3) is 0 Å². The Hall–Kier alpha value is -2.95. The Kier molecular flexibility index (Phi) is 5.51. The van der Waals surface area contributed by atoms with E-state index in [-0.39, 0.29) is 5.91 Å². The first-order valence-electron chi connectivity index (χ1n) is 9.61. The number of hydrogen-bond acceptors (Lipinski definition) is 3. The SMILES string of the molecule is O=C1NCCN(OCc2ccccc2)C1(Cc1ccccc1)c1ccccc1. The minimum absolute atomic E-state index is 0.0261. The maximum atomic E-state index is 13.3. The van der Waals surface area contributed by atoms with Crippen molar-refractivity contribution in [2.75, 3.05) is 13.1 Å². The van der Waals surface area contributed by atoms with Gasteiger partial charge in [0.1, 0.15) is 0 Å². The highest BCUT2D eigenvalue weighted by atomic mass is 16.7. The van der Waals surface area contributed by atoms with Gasteiger partial charge in [0.25, 0.3) is 0 Å². The van der Waals surface area contributed by atoms with Crippen molar-refractivity contribution >= 4 is 5.91 Å². The van der Waals surface area contributed by atoms with E-state index in [9.17, 15) is 4.79 Å². The summed E-state index contributed by atoms with van der Waals surface area (Å²) in [5.74, 6) is -0.0261. The van der Waals surface area contributed by atoms with E-state index in [1.807, 2.05) is 83.9 Å². The van der Waals surface area contributed by atoms with Crippen LogP contribution in [0.3, 0.4) is 0 Å². The number of carbonyl (C=O) groups excluding carboxylic acids is 1. The fourth-order valence-electron chi connectivity index (χ4n) is 3.77. The average molecular weight is 372 g/mol. The molecule has 4 rings (SSSR count). The number of hydrogen-bond donors (Lipinski definition) is 1. The Balaban J connectivity index is 1.71. The van der Waals surface area contributed by atoms with E-state index in [4.69, 9.17) is 4.84 Å². The first-order chi connectivity index (χ1) is 13.8. The first-order valence-corrected chi connectivity index (χ1v) is 9.61. The molecule has 1 heterocycles. The summed E-state index contributed by atoms with van der Waals surface area (Å²) in [6.45, 7) is 1.62. The topological polar surface area (TPSA) is 41.6 Å². The fourth-order valence-corrected chi connectivity index (χ4v) is 3.77. The van der Waals surface area contributed by atoms with E-state index in [1.54, 1.807) is 0 Å². The van der Waals surface area contributed by atoms with Crippen molar-refractivity contribution in [3.05, 3.63) is 108 Å². The number of benzene rings is 3. The van der Waals surface area contributed by atoms with Crippen molar-refractivity contribution in [3.63, 3.8) is 0 Å². The monoisotopic (exact) mass is 372 g/mol. The lowest BCUT2D eigenvalue weighted by Gasteiger charge is -2.45. The molecule has 3 aromatic rings. The number of nitrogens with zero attached hydrogens (tertiary/aromatic N) is 1. The van der Waals surface area contributed by atoms with Crippen LogP contribution in [-0.2, 0) is 28.2 Å². The lowest BCUT2D eigenvalue weighted by Crippen LogP contribution is -2.63. The van der Waals surface area contributed by atoms with Crippen molar-refractivity contribution in [2.24, 2.45) is 0 Å². The van der Waals surface area contributed by atoms with Crippen molar-refractivity contribution < 1.29 is 9.63 Å². The quantitative estimate of drug-likeness (QED) is 0.718. The Morgan fingerprint density at radius 3 is 2.04 bits per heavy atom. The molecule has 1 fully saturated rings. The Morgan fingerprint density at radius 1 is 0.821 bits per heavy atom. The van der Waals surface area contributed by atoms with Gasteiger partial charge in [0.2, 0.25) is 5.91 Å². The minimum atomic E-state index is -0.907. The number of amides is 1. The summed E-state index contributed by atoms with van der Waals surface area (Å²) in [7, 11) is 0. The van der Waals surface area contributed by atoms with Gasteiger partial charge in [-0.15, -0.1) is 0 Å². The predicted octanol–water partition coefficient (Wildman–Crippen LogP) is 3.69. The highest BCUT2D eigenvalue weighted by Crippen LogP contribution is 2.35. The molecule has 1 aliphatic heterocycles. The molecule has 0 spiro atoms. The first kappa shape index (κ1) is 18.4. The van der Waals surface area contributed by atoms with Gasteiger partial charge in [0.05, 0.1) is 6.61 Å². The highest BCUT2D eigenvalue weighted by Gasteiger charge is 2.49. The van der Waals surface area contributed by atoms with Crippen LogP contribution < -0.4 is 5.32 Å². The number of rotatable bonds is 6. The molecule has 0 aromatic heterocycles. The van der Waals surface area contributed by atoms with Crippen LogP contribution in [-0.4, -0.2) is 24.1 Å². The molecule has 1 unspecified atom stereocenters. The number of carbonyl (C=O) groups is 1. The van der Waals surface area contributed by atoms with Gasteiger partial charge < -0.3 is 5.32 Å². The van der Waals surface area contributed by atoms with Gasteiger partial charge in [-0.25, -0.2) is 0 Å². The third kappa shape index (κ3) is 3.70. The third-order valence-corrected chi connectivity index (χ3v) is 5.19. The van der Waals surface area contributed by atoms with Crippen LogP contribution >= 0.6 is 0 Å². The van der Waals surface area contributed by atoms with Crippen LogP contribution in [0, 0.1) is 0 Å². The van der Waals surface area contributed by atoms with Crippen LogP contribution in [0.1, 0.15) is 16.7 Å². The van der Waals surface area contributed by atoms with E-state index < -0.39 is 5.54 Å². The van der Waals surface area contributed by atoms with E-state index >= 15 is 0 Å². The molecule has 0 radical (unpaired) electrons. The summed E-state index contributed by atoms with van der Waals surface area (Å²) in [5.41, 5.74) is 2.20. The number of nitrogens with one attached hydrogen (secondary N) is 1. The lowest BCUT2D eigenvalue weighted by atomic mass is 9.81. The normalized spacial score (nSPS) is 19.9. The second-order valence-electron chi connectivity index (χ2n) is 7.01. The minimum Gasteiger partial charge on any atom is -0.353 e. The zero-order chi connectivity index (χ0) is 19.2. The highest BCUT2D eigenvalue weighted by molar-refractivity contribution is 5.88. The molecule has 1 N–H and O–H groups in total. The fraction of sp³-hybridized carbons (Fsp3) is 0.208. The molecule has 28 heavy (non-hydrogen) atoms. The average Bonchev–Trinajstić information content (AvgIpc) is 2.76. The number of piperazine rings is 1. The molecular weight excluding hydrogens is 348 g/mol. The van der Waals surface area contributed by atoms with Gasteiger partial charge in [-0.3, -0.25) is 9.63 Å². The molecule has 142 valence electrons. The van der Waals surface area contributed by atoms with Gasteiger partial charge in [0.15, 0.2) is 5.54 Å². The Labute approximate surface area is 165 Å². The molecule has 1 amide bonds. The van der Waals surface area contributed by atoms with Crippen molar-refractivity contribution in [2.45, 2.75) is 18.6 Å². The molecule has 1 saturated heterocycles. The zero-order valence-electron chi connectivity index (χ0n) is 15.8. The Morgan fingerprint density at radius 2 is 1.39 bits per heavy atom. The van der Waals surface area contributed by atoms with Crippen LogP contribution in [0.4, 0.5) is 0 Å². The summed E-state index contributed by atoms with van der Waals surface area (Å²) in [6.07, 6.45) is 0.540. The smallest absolute Gasteiger partial charge is 0.247 e. The maximum Gasteiger partial charge on any atom is 0.247 e. The molecular formula is C24H24N2O2. The molecule has 0 bridgehead atoms. The Bertz CT molecular complexity index is 900. The summed E-state index contributed by atoms with van der Waals surface area (Å²) in [6, 6.07) is 30.1. The molecule has 4 nitrogen and oxygen atoms in total. The third-order valence-electron chi connectivity index (χ3n) is 5.19. The van der Waals surface area contributed by atoms with Crippen LogP contribution in [0.2, 0.25) is 0 Å². The van der Waals surface area contributed by atoms with Gasteiger partial charge in [-0.05, 0) is 16.7 Å². The lowest BCUT2D eigenvalue weighted by molar-refractivity contribution is -0.240. The van der Waals surface area contributed by atoms with Crippen LogP contribution in [0.5, 0.6) is 0 Å². The molecule has 4 heteroatoms. The largest absolute Gasteiger partial charge is 0.353 e. The van der Waals surface area contributed by atoms with E-state index in [1.165, 1.54) is 0 Å². The molecule has 0 aliphatic carbocycles. The van der Waals surface area contributed by atoms with E-state index in [0.717, 1.165) is 16.7 Å². The molecule has 1 aliphatic rings. The molecule has 1 atom stereocenters. The molecule has 0 saturated carbocycles. The van der Waals surface area contributed by atoms with E-state index in [0.29, 0.717) is 26.1 Å². The van der Waals surface area contributed by atoms with Gasteiger partial charge in [-0.2, -0.15) is 5.06 Å². The summed E-state index contributed by atoms with van der Waals surface area (Å²) < 4.78 is 0. The van der Waals surface area contributed by atoms with Crippen molar-refractivity contribution in [3.8, 4) is 0 Å². The molecule has 3 aromatic carbocycles. The summed E-state index contributed by atoms with van der Waals surface area (Å²) >= 11 is 0. The summed E-state index contributed by atoms with van der Waals surface area (Å²) in [5, 5.41) is 4.94. The second kappa shape index (κ2) is 8.38.